The highest BCUT2D eigenvalue weighted by Gasteiger charge is 2.11. The SMILES string of the molecule is OCc1ncoc1-c1ccccc1I. The van der Waals surface area contributed by atoms with Crippen molar-refractivity contribution in [3.8, 4) is 11.3 Å². The Balaban J connectivity index is 2.54. The fraction of sp³-hybridized carbons (Fsp3) is 0.100. The van der Waals surface area contributed by atoms with Crippen molar-refractivity contribution >= 4 is 22.6 Å². The molecule has 0 saturated carbocycles. The molecule has 0 aliphatic rings. The molecular weight excluding hydrogens is 293 g/mol. The molecule has 0 fully saturated rings. The highest BCUT2D eigenvalue weighted by Crippen LogP contribution is 2.27. The molecule has 2 rings (SSSR count). The maximum Gasteiger partial charge on any atom is 0.181 e. The molecule has 0 saturated heterocycles. The van der Waals surface area contributed by atoms with Crippen LogP contribution in [0.25, 0.3) is 11.3 Å². The lowest BCUT2D eigenvalue weighted by Crippen LogP contribution is -1.88. The maximum absolute atomic E-state index is 9.03. The molecule has 1 heterocycles. The first kappa shape index (κ1) is 9.67. The van der Waals surface area contributed by atoms with Crippen LogP contribution in [0.15, 0.2) is 35.1 Å². The molecule has 4 heteroatoms. The smallest absolute Gasteiger partial charge is 0.181 e. The maximum atomic E-state index is 9.03. The first-order chi connectivity index (χ1) is 6.83. The summed E-state index contributed by atoms with van der Waals surface area (Å²) in [6.45, 7) is -0.100. The molecule has 1 aromatic heterocycles. The predicted octanol–water partition coefficient (Wildman–Crippen LogP) is 2.44. The van der Waals surface area contributed by atoms with Crippen LogP contribution in [0.4, 0.5) is 0 Å². The Bertz CT molecular complexity index is 439. The molecule has 0 amide bonds. The first-order valence-electron chi connectivity index (χ1n) is 4.11. The van der Waals surface area contributed by atoms with Gasteiger partial charge in [0.25, 0.3) is 0 Å². The lowest BCUT2D eigenvalue weighted by molar-refractivity contribution is 0.277. The molecule has 72 valence electrons. The van der Waals surface area contributed by atoms with Crippen molar-refractivity contribution in [1.82, 2.24) is 4.98 Å². The van der Waals surface area contributed by atoms with E-state index in [1.165, 1.54) is 6.39 Å². The van der Waals surface area contributed by atoms with Crippen LogP contribution in [0.5, 0.6) is 0 Å². The van der Waals surface area contributed by atoms with Gasteiger partial charge in [0.1, 0.15) is 5.69 Å². The third-order valence-corrected chi connectivity index (χ3v) is 2.85. The summed E-state index contributed by atoms with van der Waals surface area (Å²) >= 11 is 2.23. The number of hydrogen-bond acceptors (Lipinski definition) is 3. The first-order valence-corrected chi connectivity index (χ1v) is 5.19. The van der Waals surface area contributed by atoms with Crippen molar-refractivity contribution in [3.05, 3.63) is 39.9 Å². The van der Waals surface area contributed by atoms with Gasteiger partial charge >= 0.3 is 0 Å². The Morgan fingerprint density at radius 1 is 1.36 bits per heavy atom. The normalized spacial score (nSPS) is 10.4. The summed E-state index contributed by atoms with van der Waals surface area (Å²) in [5.41, 5.74) is 1.55. The van der Waals surface area contributed by atoms with Crippen LogP contribution in [-0.4, -0.2) is 10.1 Å². The second-order valence-electron chi connectivity index (χ2n) is 2.77. The van der Waals surface area contributed by atoms with E-state index in [2.05, 4.69) is 27.6 Å². The number of halogens is 1. The van der Waals surface area contributed by atoms with Gasteiger partial charge in [-0.3, -0.25) is 0 Å². The fourth-order valence-corrected chi connectivity index (χ4v) is 1.88. The Morgan fingerprint density at radius 2 is 2.14 bits per heavy atom. The average molecular weight is 301 g/mol. The van der Waals surface area contributed by atoms with E-state index in [1.54, 1.807) is 0 Å². The molecule has 3 nitrogen and oxygen atoms in total. The minimum atomic E-state index is -0.100. The van der Waals surface area contributed by atoms with Crippen LogP contribution in [0.3, 0.4) is 0 Å². The Labute approximate surface area is 94.9 Å². The lowest BCUT2D eigenvalue weighted by Gasteiger charge is -2.01. The van der Waals surface area contributed by atoms with Gasteiger partial charge in [0, 0.05) is 9.13 Å². The lowest BCUT2D eigenvalue weighted by atomic mass is 10.1. The van der Waals surface area contributed by atoms with E-state index >= 15 is 0 Å². The zero-order valence-corrected chi connectivity index (χ0v) is 9.43. The summed E-state index contributed by atoms with van der Waals surface area (Å²) < 4.78 is 6.33. The molecule has 1 N–H and O–H groups in total. The van der Waals surface area contributed by atoms with Crippen molar-refractivity contribution in [2.45, 2.75) is 6.61 Å². The van der Waals surface area contributed by atoms with Crippen LogP contribution in [0, 0.1) is 3.57 Å². The Morgan fingerprint density at radius 3 is 2.86 bits per heavy atom. The van der Waals surface area contributed by atoms with Gasteiger partial charge in [-0.25, -0.2) is 4.98 Å². The van der Waals surface area contributed by atoms with Crippen LogP contribution >= 0.6 is 22.6 Å². The molecule has 0 aliphatic carbocycles. The molecule has 0 bridgehead atoms. The van der Waals surface area contributed by atoms with E-state index in [1.807, 2.05) is 24.3 Å². The summed E-state index contributed by atoms with van der Waals surface area (Å²) in [5, 5.41) is 9.03. The highest BCUT2D eigenvalue weighted by molar-refractivity contribution is 14.1. The van der Waals surface area contributed by atoms with Gasteiger partial charge in [0.05, 0.1) is 6.61 Å². The Hall–Kier alpha value is -0.880. The van der Waals surface area contributed by atoms with Gasteiger partial charge < -0.3 is 9.52 Å². The molecule has 0 aliphatic heterocycles. The number of benzene rings is 1. The number of rotatable bonds is 2. The van der Waals surface area contributed by atoms with Crippen LogP contribution < -0.4 is 0 Å². The zero-order valence-electron chi connectivity index (χ0n) is 7.27. The molecule has 0 atom stereocenters. The van der Waals surface area contributed by atoms with Crippen LogP contribution in [0.1, 0.15) is 5.69 Å². The van der Waals surface area contributed by atoms with Crippen molar-refractivity contribution in [3.63, 3.8) is 0 Å². The number of aromatic nitrogens is 1. The molecule has 1 aromatic carbocycles. The minimum Gasteiger partial charge on any atom is -0.443 e. The van der Waals surface area contributed by atoms with E-state index in [-0.39, 0.29) is 6.61 Å². The number of aliphatic hydroxyl groups is 1. The predicted molar refractivity (Wildman–Crippen MR) is 60.6 cm³/mol. The van der Waals surface area contributed by atoms with Crippen molar-refractivity contribution in [1.29, 1.82) is 0 Å². The average Bonchev–Trinajstić information content (AvgIpc) is 2.66. The van der Waals surface area contributed by atoms with Gasteiger partial charge in [-0.05, 0) is 28.7 Å². The zero-order chi connectivity index (χ0) is 9.97. The number of oxazole rings is 1. The van der Waals surface area contributed by atoms with E-state index in [0.29, 0.717) is 11.5 Å². The number of nitrogens with zero attached hydrogens (tertiary/aromatic N) is 1. The van der Waals surface area contributed by atoms with E-state index in [9.17, 15) is 0 Å². The second kappa shape index (κ2) is 4.10. The number of hydrogen-bond donors (Lipinski definition) is 1. The third kappa shape index (κ3) is 1.67. The van der Waals surface area contributed by atoms with Crippen molar-refractivity contribution < 1.29 is 9.52 Å². The summed E-state index contributed by atoms with van der Waals surface area (Å²) in [6, 6.07) is 7.82. The number of aliphatic hydroxyl groups excluding tert-OH is 1. The van der Waals surface area contributed by atoms with Gasteiger partial charge in [0.2, 0.25) is 0 Å². The van der Waals surface area contributed by atoms with E-state index < -0.39 is 0 Å². The topological polar surface area (TPSA) is 46.3 Å². The van der Waals surface area contributed by atoms with Gasteiger partial charge in [-0.2, -0.15) is 0 Å². The summed E-state index contributed by atoms with van der Waals surface area (Å²) in [7, 11) is 0. The largest absolute Gasteiger partial charge is 0.443 e. The van der Waals surface area contributed by atoms with Crippen molar-refractivity contribution in [2.75, 3.05) is 0 Å². The summed E-state index contributed by atoms with van der Waals surface area (Å²) in [4.78, 5) is 3.93. The van der Waals surface area contributed by atoms with Crippen LogP contribution in [-0.2, 0) is 6.61 Å². The second-order valence-corrected chi connectivity index (χ2v) is 3.93. The molecule has 0 radical (unpaired) electrons. The van der Waals surface area contributed by atoms with Crippen molar-refractivity contribution in [2.24, 2.45) is 0 Å². The van der Waals surface area contributed by atoms with E-state index in [0.717, 1.165) is 9.13 Å². The molecule has 2 aromatic rings. The Kier molecular flexibility index (Phi) is 2.83. The van der Waals surface area contributed by atoms with Gasteiger partial charge in [-0.15, -0.1) is 0 Å². The molecule has 0 unspecified atom stereocenters. The van der Waals surface area contributed by atoms with Gasteiger partial charge in [0.15, 0.2) is 12.2 Å². The fourth-order valence-electron chi connectivity index (χ4n) is 1.25. The standard InChI is InChI=1S/C10H8INO2/c11-8-4-2-1-3-7(8)10-9(5-13)12-6-14-10/h1-4,6,13H,5H2. The monoisotopic (exact) mass is 301 g/mol. The van der Waals surface area contributed by atoms with Gasteiger partial charge in [-0.1, -0.05) is 18.2 Å². The highest BCUT2D eigenvalue weighted by atomic mass is 127. The molecular formula is C10H8INO2. The molecule has 14 heavy (non-hydrogen) atoms. The summed E-state index contributed by atoms with van der Waals surface area (Å²) in [5.74, 6) is 0.650. The summed E-state index contributed by atoms with van der Waals surface area (Å²) in [6.07, 6.45) is 1.35. The molecule has 0 spiro atoms. The third-order valence-electron chi connectivity index (χ3n) is 1.91. The minimum absolute atomic E-state index is 0.100. The van der Waals surface area contributed by atoms with E-state index in [4.69, 9.17) is 9.52 Å². The van der Waals surface area contributed by atoms with Crippen LogP contribution in [0.2, 0.25) is 0 Å². The quantitative estimate of drug-likeness (QED) is 0.867.